The Morgan fingerprint density at radius 2 is 1.48 bits per heavy atom. The number of ether oxygens (including phenoxy) is 1. The van der Waals surface area contributed by atoms with E-state index in [9.17, 15) is 14.7 Å². The normalized spacial score (nSPS) is 21.3. The standard InChI is InChI=1S/C45H61N7O4/c1-8-30-26(2)35-23-39-33(25-56-7)28(4)34(50-39)22-36-27(3)31(17-18-41(54)47-19-15-13-11-9-10-12-14-16-20-48-45(55)46-6)43(51-36)32-21-40(53)42-29(5)37(52-44(32)42)24-38(30)49-35/h22-24,27,31,51,53H,8-21,25H2,1-7H3,(H,47,54)(H2,46,48,55)/t27-,31-/m0/s1. The molecule has 8 bridgehead atoms. The lowest BCUT2D eigenvalue weighted by Gasteiger charge is -2.18. The van der Waals surface area contributed by atoms with Crippen LogP contribution in [-0.4, -0.2) is 68.0 Å². The molecule has 11 heteroatoms. The van der Waals surface area contributed by atoms with Gasteiger partial charge in [-0.05, 0) is 87.0 Å². The number of nitrogens with one attached hydrogen (secondary N) is 4. The van der Waals surface area contributed by atoms with Crippen molar-refractivity contribution in [2.24, 2.45) is 26.8 Å². The Morgan fingerprint density at radius 3 is 2.14 bits per heavy atom. The average Bonchev–Trinajstić information content (AvgIpc) is 3.93. The van der Waals surface area contributed by atoms with Gasteiger partial charge in [-0.15, -0.1) is 0 Å². The van der Waals surface area contributed by atoms with E-state index in [2.05, 4.69) is 67.2 Å². The van der Waals surface area contributed by atoms with Gasteiger partial charge in [0.15, 0.2) is 0 Å². The maximum atomic E-state index is 13.2. The fourth-order valence-corrected chi connectivity index (χ4v) is 8.69. The second-order valence-electron chi connectivity index (χ2n) is 15.8. The number of fused-ring (bicyclic) bond motifs is 5. The second kappa shape index (κ2) is 18.4. The highest BCUT2D eigenvalue weighted by molar-refractivity contribution is 6.21. The third kappa shape index (κ3) is 8.78. The van der Waals surface area contributed by atoms with Crippen LogP contribution >= 0.6 is 0 Å². The van der Waals surface area contributed by atoms with E-state index in [0.29, 0.717) is 38.2 Å². The lowest BCUT2D eigenvalue weighted by Crippen LogP contribution is -2.33. The van der Waals surface area contributed by atoms with Crippen LogP contribution in [0.1, 0.15) is 112 Å². The molecule has 2 atom stereocenters. The lowest BCUT2D eigenvalue weighted by atomic mass is 9.86. The number of aliphatic hydroxyl groups is 1. The van der Waals surface area contributed by atoms with E-state index < -0.39 is 0 Å². The zero-order chi connectivity index (χ0) is 39.9. The summed E-state index contributed by atoms with van der Waals surface area (Å²) in [6.45, 7) is 12.5. The van der Waals surface area contributed by atoms with Gasteiger partial charge in [-0.3, -0.25) is 4.79 Å². The van der Waals surface area contributed by atoms with E-state index in [4.69, 9.17) is 19.7 Å². The molecular formula is C45H61N7O4. The van der Waals surface area contributed by atoms with E-state index >= 15 is 0 Å². The average molecular weight is 764 g/mol. The number of carbonyl (C=O) groups excluding carboxylic acids is 2. The largest absolute Gasteiger partial charge is 0.511 e. The van der Waals surface area contributed by atoms with E-state index in [1.165, 1.54) is 24.8 Å². The third-order valence-electron chi connectivity index (χ3n) is 12.1. The van der Waals surface area contributed by atoms with E-state index in [-0.39, 0.29) is 23.8 Å². The topological polar surface area (TPSA) is 149 Å². The molecule has 5 aliphatic heterocycles. The second-order valence-corrected chi connectivity index (χ2v) is 15.8. The number of hydrogen-bond donors (Lipinski definition) is 5. The highest BCUT2D eigenvalue weighted by Gasteiger charge is 2.41. The van der Waals surface area contributed by atoms with Gasteiger partial charge in [0.1, 0.15) is 5.76 Å². The molecule has 0 aromatic rings. The number of nitrogens with zero attached hydrogens (tertiary/aromatic N) is 3. The molecule has 1 aliphatic carbocycles. The molecule has 5 heterocycles. The smallest absolute Gasteiger partial charge is 0.314 e. The predicted octanol–water partition coefficient (Wildman–Crippen LogP) is 8.25. The Kier molecular flexibility index (Phi) is 13.5. The van der Waals surface area contributed by atoms with Gasteiger partial charge in [-0.2, -0.15) is 0 Å². The zero-order valence-electron chi connectivity index (χ0n) is 34.5. The van der Waals surface area contributed by atoms with Crippen molar-refractivity contribution in [3.05, 3.63) is 91.5 Å². The third-order valence-corrected chi connectivity index (χ3v) is 12.1. The first-order chi connectivity index (χ1) is 27.1. The van der Waals surface area contributed by atoms with Crippen molar-refractivity contribution in [1.82, 2.24) is 21.3 Å². The van der Waals surface area contributed by atoms with Gasteiger partial charge in [0.2, 0.25) is 5.91 Å². The Hall–Kier alpha value is -4.77. The maximum Gasteiger partial charge on any atom is 0.314 e. The lowest BCUT2D eigenvalue weighted by molar-refractivity contribution is -0.121. The first-order valence-electron chi connectivity index (χ1n) is 20.7. The van der Waals surface area contributed by atoms with Crippen LogP contribution in [0.15, 0.2) is 106 Å². The summed E-state index contributed by atoms with van der Waals surface area (Å²) in [5.41, 5.74) is 14.5. The van der Waals surface area contributed by atoms with Gasteiger partial charge < -0.3 is 31.1 Å². The van der Waals surface area contributed by atoms with Crippen LogP contribution < -0.4 is 21.3 Å². The van der Waals surface area contributed by atoms with Crippen molar-refractivity contribution in [3.8, 4) is 0 Å². The van der Waals surface area contributed by atoms with Gasteiger partial charge >= 0.3 is 6.03 Å². The fraction of sp³-hybridized carbons (Fsp3) is 0.533. The van der Waals surface area contributed by atoms with Crippen LogP contribution in [0.4, 0.5) is 4.79 Å². The SMILES string of the molecule is CCC1=C(C)C2=NC1=CC1=C(C)C3=C(O)CC(=C4NC(=CC5=NC(=C2)C(COC)=C5C)[C@@H](C)[C@@H]4CCC(=O)NCCCCCCCCCCNC(=O)NC)C3=N1. The van der Waals surface area contributed by atoms with Crippen molar-refractivity contribution >= 4 is 29.1 Å². The number of urea groups is 1. The first-order valence-corrected chi connectivity index (χ1v) is 20.7. The molecule has 3 amide bonds. The van der Waals surface area contributed by atoms with E-state index in [0.717, 1.165) is 124 Å². The molecule has 6 rings (SSSR count). The number of rotatable bonds is 17. The van der Waals surface area contributed by atoms with Gasteiger partial charge in [-0.1, -0.05) is 52.4 Å². The number of aliphatic hydroxyl groups excluding tert-OH is 1. The van der Waals surface area contributed by atoms with Crippen molar-refractivity contribution in [2.75, 3.05) is 33.9 Å². The Morgan fingerprint density at radius 1 is 0.857 bits per heavy atom. The molecular weight excluding hydrogens is 703 g/mol. The monoisotopic (exact) mass is 763 g/mol. The van der Waals surface area contributed by atoms with Crippen molar-refractivity contribution < 1.29 is 19.4 Å². The minimum absolute atomic E-state index is 0.0356. The van der Waals surface area contributed by atoms with Crippen molar-refractivity contribution in [1.29, 1.82) is 0 Å². The van der Waals surface area contributed by atoms with Gasteiger partial charge in [0.05, 0.1) is 40.8 Å². The highest BCUT2D eigenvalue weighted by Crippen LogP contribution is 2.46. The molecule has 0 unspecified atom stereocenters. The molecule has 0 aromatic heterocycles. The number of carbonyl (C=O) groups is 2. The van der Waals surface area contributed by atoms with E-state index in [1.54, 1.807) is 14.2 Å². The summed E-state index contributed by atoms with van der Waals surface area (Å²) in [6.07, 6.45) is 17.6. The van der Waals surface area contributed by atoms with Crippen molar-refractivity contribution in [2.45, 2.75) is 112 Å². The van der Waals surface area contributed by atoms with Crippen molar-refractivity contribution in [3.63, 3.8) is 0 Å². The summed E-state index contributed by atoms with van der Waals surface area (Å²) >= 11 is 0. The summed E-state index contributed by atoms with van der Waals surface area (Å²) < 4.78 is 5.66. The molecule has 6 aliphatic rings. The number of unbranched alkanes of at least 4 members (excludes halogenated alkanes) is 7. The predicted molar refractivity (Wildman–Crippen MR) is 226 cm³/mol. The van der Waals surface area contributed by atoms with Gasteiger partial charge in [-0.25, -0.2) is 19.8 Å². The highest BCUT2D eigenvalue weighted by atomic mass is 16.5. The molecule has 0 aromatic carbocycles. The molecule has 5 N–H and O–H groups in total. The number of allylic oxidation sites excluding steroid dienone is 11. The molecule has 0 saturated carbocycles. The number of aliphatic imine (C=N–C) groups is 3. The van der Waals surface area contributed by atoms with Gasteiger partial charge in [0.25, 0.3) is 0 Å². The Balaban J connectivity index is 1.16. The molecule has 0 spiro atoms. The number of amides is 3. The van der Waals surface area contributed by atoms with E-state index in [1.807, 2.05) is 6.92 Å². The maximum absolute atomic E-state index is 13.2. The van der Waals surface area contributed by atoms with Crippen LogP contribution in [0.25, 0.3) is 0 Å². The molecule has 300 valence electrons. The minimum atomic E-state index is -0.120. The molecule has 56 heavy (non-hydrogen) atoms. The van der Waals surface area contributed by atoms with Crippen LogP contribution in [0, 0.1) is 11.8 Å². The molecule has 1 saturated heterocycles. The summed E-state index contributed by atoms with van der Waals surface area (Å²) in [5, 5.41) is 23.8. The zero-order valence-corrected chi connectivity index (χ0v) is 34.5. The minimum Gasteiger partial charge on any atom is -0.511 e. The fourth-order valence-electron chi connectivity index (χ4n) is 8.69. The summed E-state index contributed by atoms with van der Waals surface area (Å²) in [4.78, 5) is 39.9. The Bertz CT molecular complexity index is 1980. The van der Waals surface area contributed by atoms with Crippen LogP contribution in [0.2, 0.25) is 0 Å². The molecule has 0 radical (unpaired) electrons. The number of methoxy groups -OCH3 is 1. The summed E-state index contributed by atoms with van der Waals surface area (Å²) in [5.74, 6) is 0.535. The van der Waals surface area contributed by atoms with Gasteiger partial charge in [0, 0.05) is 80.0 Å². The molecule has 11 nitrogen and oxygen atoms in total. The molecule has 1 fully saturated rings. The first kappa shape index (κ1) is 40.9. The summed E-state index contributed by atoms with van der Waals surface area (Å²) in [6, 6.07) is -0.120. The Labute approximate surface area is 332 Å². The number of hydrogen-bond acceptors (Lipinski definition) is 8. The van der Waals surface area contributed by atoms with Crippen LogP contribution in [-0.2, 0) is 9.53 Å². The van der Waals surface area contributed by atoms with Crippen LogP contribution in [0.3, 0.4) is 0 Å². The quantitative estimate of drug-likeness (QED) is 0.0947. The van der Waals surface area contributed by atoms with Crippen LogP contribution in [0.5, 0.6) is 0 Å². The summed E-state index contributed by atoms with van der Waals surface area (Å²) in [7, 11) is 3.34.